The van der Waals surface area contributed by atoms with Gasteiger partial charge in [0.2, 0.25) is 0 Å². The van der Waals surface area contributed by atoms with Gasteiger partial charge in [-0.25, -0.2) is 4.98 Å². The minimum Gasteiger partial charge on any atom is -0.383 e. The summed E-state index contributed by atoms with van der Waals surface area (Å²) in [7, 11) is 0. The highest BCUT2D eigenvalue weighted by molar-refractivity contribution is 6.30. The van der Waals surface area contributed by atoms with E-state index < -0.39 is 0 Å². The molecule has 3 nitrogen and oxygen atoms in total. The van der Waals surface area contributed by atoms with Crippen LogP contribution in [-0.2, 0) is 0 Å². The first-order valence-corrected chi connectivity index (χ1v) is 3.83. The maximum Gasteiger partial charge on any atom is 0.163 e. The maximum absolute atomic E-state index is 11.0. The molecular weight excluding hydrogens is 176 g/mol. The number of hydrogen-bond acceptors (Lipinski definition) is 3. The van der Waals surface area contributed by atoms with Crippen molar-refractivity contribution in [2.75, 3.05) is 5.73 Å². The van der Waals surface area contributed by atoms with E-state index in [0.29, 0.717) is 10.7 Å². The van der Waals surface area contributed by atoms with Gasteiger partial charge in [0, 0.05) is 0 Å². The lowest BCUT2D eigenvalue weighted by Gasteiger charge is -2.03. The normalized spacial score (nSPS) is 9.92. The number of nitrogen functional groups attached to an aromatic ring is 1. The van der Waals surface area contributed by atoms with Crippen LogP contribution in [0.25, 0.3) is 0 Å². The van der Waals surface area contributed by atoms with Gasteiger partial charge in [0.25, 0.3) is 0 Å². The van der Waals surface area contributed by atoms with Crippen molar-refractivity contribution in [2.45, 2.75) is 13.8 Å². The number of aryl methyl sites for hydroxylation is 1. The molecule has 0 saturated carbocycles. The number of nitrogens with zero attached hydrogens (tertiary/aromatic N) is 1. The number of Topliss-reactive ketones (excluding diaryl/α,β-unsaturated/α-hetero) is 1. The molecule has 1 aromatic heterocycles. The van der Waals surface area contributed by atoms with Crippen LogP contribution in [-0.4, -0.2) is 10.8 Å². The lowest BCUT2D eigenvalue weighted by molar-refractivity contribution is 0.101. The fraction of sp³-hybridized carbons (Fsp3) is 0.250. The number of pyridine rings is 1. The summed E-state index contributed by atoms with van der Waals surface area (Å²) in [5, 5.41) is 0.345. The second-order valence-electron chi connectivity index (χ2n) is 2.59. The summed E-state index contributed by atoms with van der Waals surface area (Å²) in [4.78, 5) is 14.8. The second kappa shape index (κ2) is 3.11. The number of carbonyl (C=O) groups excluding carboxylic acids is 1. The highest BCUT2D eigenvalue weighted by Gasteiger charge is 2.08. The van der Waals surface area contributed by atoms with Crippen molar-refractivity contribution >= 4 is 23.2 Å². The van der Waals surface area contributed by atoms with E-state index in [1.54, 1.807) is 13.0 Å². The molecule has 0 aliphatic carbocycles. The second-order valence-corrected chi connectivity index (χ2v) is 2.94. The summed E-state index contributed by atoms with van der Waals surface area (Å²) >= 11 is 5.69. The van der Waals surface area contributed by atoms with E-state index >= 15 is 0 Å². The summed E-state index contributed by atoms with van der Waals surface area (Å²) in [6.45, 7) is 3.22. The van der Waals surface area contributed by atoms with Crippen LogP contribution in [0.5, 0.6) is 0 Å². The third-order valence-corrected chi connectivity index (χ3v) is 1.94. The molecule has 0 saturated heterocycles. The van der Waals surface area contributed by atoms with Crippen LogP contribution in [0.1, 0.15) is 22.8 Å². The molecule has 2 N–H and O–H groups in total. The first kappa shape index (κ1) is 9.00. The molecule has 4 heteroatoms. The molecule has 0 spiro atoms. The van der Waals surface area contributed by atoms with E-state index in [2.05, 4.69) is 4.98 Å². The summed E-state index contributed by atoms with van der Waals surface area (Å²) in [5.74, 6) is 0.0952. The monoisotopic (exact) mass is 184 g/mol. The smallest absolute Gasteiger partial charge is 0.163 e. The number of halogens is 1. The van der Waals surface area contributed by atoms with Gasteiger partial charge in [-0.3, -0.25) is 4.79 Å². The van der Waals surface area contributed by atoms with Crippen LogP contribution < -0.4 is 5.73 Å². The Hall–Kier alpha value is -1.09. The van der Waals surface area contributed by atoms with Gasteiger partial charge in [0.1, 0.15) is 11.0 Å². The lowest BCUT2D eigenvalue weighted by Crippen LogP contribution is -2.03. The van der Waals surface area contributed by atoms with Gasteiger partial charge in [-0.05, 0) is 25.5 Å². The van der Waals surface area contributed by atoms with Gasteiger partial charge in [0.05, 0.1) is 5.56 Å². The van der Waals surface area contributed by atoms with Gasteiger partial charge < -0.3 is 5.73 Å². The highest BCUT2D eigenvalue weighted by Crippen LogP contribution is 2.18. The predicted octanol–water partition coefficient (Wildman–Crippen LogP) is 1.83. The third kappa shape index (κ3) is 1.56. The number of hydrogen-bond donors (Lipinski definition) is 1. The molecule has 1 aromatic rings. The minimum absolute atomic E-state index is 0.0974. The zero-order valence-electron chi connectivity index (χ0n) is 6.89. The molecule has 0 amide bonds. The number of anilines is 1. The Labute approximate surface area is 75.6 Å². The molecule has 0 atom stereocenters. The van der Waals surface area contributed by atoms with E-state index in [1.165, 1.54) is 6.92 Å². The van der Waals surface area contributed by atoms with Crippen LogP contribution in [0, 0.1) is 6.92 Å². The first-order chi connectivity index (χ1) is 5.52. The Morgan fingerprint density at radius 3 is 2.75 bits per heavy atom. The highest BCUT2D eigenvalue weighted by atomic mass is 35.5. The van der Waals surface area contributed by atoms with Crippen molar-refractivity contribution in [3.05, 3.63) is 22.3 Å². The van der Waals surface area contributed by atoms with E-state index in [4.69, 9.17) is 17.3 Å². The molecular formula is C8H9ClN2O. The third-order valence-electron chi connectivity index (χ3n) is 1.56. The lowest BCUT2D eigenvalue weighted by atomic mass is 10.1. The maximum atomic E-state index is 11.0. The van der Waals surface area contributed by atoms with Crippen molar-refractivity contribution in [3.8, 4) is 0 Å². The standard InChI is InChI=1S/C8H9ClN2O/c1-4-3-6(5(2)12)8(10)11-7(4)9/h3H,1-2H3,(H2,10,11). The molecule has 64 valence electrons. The Kier molecular flexibility index (Phi) is 2.33. The minimum atomic E-state index is -0.0974. The van der Waals surface area contributed by atoms with Gasteiger partial charge in [-0.1, -0.05) is 11.6 Å². The molecule has 1 rings (SSSR count). The van der Waals surface area contributed by atoms with Crippen molar-refractivity contribution in [2.24, 2.45) is 0 Å². The quantitative estimate of drug-likeness (QED) is 0.535. The van der Waals surface area contributed by atoms with E-state index in [9.17, 15) is 4.79 Å². The van der Waals surface area contributed by atoms with Crippen LogP contribution in [0.3, 0.4) is 0 Å². The SMILES string of the molecule is CC(=O)c1cc(C)c(Cl)nc1N. The average Bonchev–Trinajstić information content (AvgIpc) is 1.96. The topological polar surface area (TPSA) is 56.0 Å². The van der Waals surface area contributed by atoms with E-state index in [0.717, 1.165) is 5.56 Å². The Bertz CT molecular complexity index is 336. The average molecular weight is 185 g/mol. The Balaban J connectivity index is 3.33. The molecule has 0 bridgehead atoms. The number of ketones is 1. The van der Waals surface area contributed by atoms with Gasteiger partial charge in [-0.15, -0.1) is 0 Å². The van der Waals surface area contributed by atoms with Gasteiger partial charge in [0.15, 0.2) is 5.78 Å². The zero-order valence-corrected chi connectivity index (χ0v) is 7.64. The molecule has 0 unspecified atom stereocenters. The van der Waals surface area contributed by atoms with Crippen LogP contribution in [0.15, 0.2) is 6.07 Å². The summed E-state index contributed by atoms with van der Waals surface area (Å²) < 4.78 is 0. The summed E-state index contributed by atoms with van der Waals surface area (Å²) in [6.07, 6.45) is 0. The Morgan fingerprint density at radius 2 is 2.25 bits per heavy atom. The fourth-order valence-electron chi connectivity index (χ4n) is 0.886. The van der Waals surface area contributed by atoms with Crippen molar-refractivity contribution in [1.29, 1.82) is 0 Å². The first-order valence-electron chi connectivity index (χ1n) is 3.46. The molecule has 0 fully saturated rings. The fourth-order valence-corrected chi connectivity index (χ4v) is 1.03. The number of nitrogens with two attached hydrogens (primary N) is 1. The van der Waals surface area contributed by atoms with E-state index in [1.807, 2.05) is 0 Å². The number of aromatic nitrogens is 1. The zero-order chi connectivity index (χ0) is 9.30. The number of rotatable bonds is 1. The number of carbonyl (C=O) groups is 1. The van der Waals surface area contributed by atoms with Crippen molar-refractivity contribution in [1.82, 2.24) is 4.98 Å². The van der Waals surface area contributed by atoms with Crippen LogP contribution in [0.4, 0.5) is 5.82 Å². The largest absolute Gasteiger partial charge is 0.383 e. The molecule has 12 heavy (non-hydrogen) atoms. The van der Waals surface area contributed by atoms with Gasteiger partial charge in [-0.2, -0.15) is 0 Å². The molecule has 0 radical (unpaired) electrons. The molecule has 0 aliphatic heterocycles. The van der Waals surface area contributed by atoms with Gasteiger partial charge >= 0.3 is 0 Å². The van der Waals surface area contributed by atoms with Crippen LogP contribution >= 0.6 is 11.6 Å². The van der Waals surface area contributed by atoms with Crippen LogP contribution in [0.2, 0.25) is 5.15 Å². The van der Waals surface area contributed by atoms with Crippen molar-refractivity contribution < 1.29 is 4.79 Å². The molecule has 1 heterocycles. The summed E-state index contributed by atoms with van der Waals surface area (Å²) in [5.41, 5.74) is 6.66. The van der Waals surface area contributed by atoms with Crippen molar-refractivity contribution in [3.63, 3.8) is 0 Å². The van der Waals surface area contributed by atoms with E-state index in [-0.39, 0.29) is 11.6 Å². The predicted molar refractivity (Wildman–Crippen MR) is 48.4 cm³/mol. The Morgan fingerprint density at radius 1 is 1.67 bits per heavy atom. The molecule has 0 aliphatic rings. The molecule has 0 aromatic carbocycles. The summed E-state index contributed by atoms with van der Waals surface area (Å²) in [6, 6.07) is 1.65.